The van der Waals surface area contributed by atoms with Crippen LogP contribution in [-0.4, -0.2) is 19.8 Å². The van der Waals surface area contributed by atoms with Crippen LogP contribution >= 0.6 is 11.5 Å². The highest BCUT2D eigenvalue weighted by molar-refractivity contribution is 7.03. The van der Waals surface area contributed by atoms with E-state index in [4.69, 9.17) is 0 Å². The van der Waals surface area contributed by atoms with Crippen LogP contribution in [0.25, 0.3) is 11.3 Å². The second kappa shape index (κ2) is 3.02. The van der Waals surface area contributed by atoms with Gasteiger partial charge in [-0.1, -0.05) is 10.6 Å². The van der Waals surface area contributed by atoms with Crippen molar-refractivity contribution in [2.45, 2.75) is 0 Å². The molecule has 0 saturated heterocycles. The maximum atomic E-state index is 9.46. The van der Waals surface area contributed by atoms with Crippen LogP contribution in [0.3, 0.4) is 0 Å². The summed E-state index contributed by atoms with van der Waals surface area (Å²) in [5.41, 5.74) is 1.06. The van der Waals surface area contributed by atoms with Crippen LogP contribution in [0.4, 0.5) is 0 Å². The van der Waals surface area contributed by atoms with E-state index in [1.165, 1.54) is 17.6 Å². The van der Waals surface area contributed by atoms with Crippen molar-refractivity contribution in [3.8, 4) is 22.8 Å². The van der Waals surface area contributed by atoms with Crippen LogP contribution in [0.1, 0.15) is 0 Å². The second-order valence-electron chi connectivity index (χ2n) is 2.46. The molecule has 0 aliphatic carbocycles. The highest BCUT2D eigenvalue weighted by Crippen LogP contribution is 2.34. The van der Waals surface area contributed by atoms with E-state index in [0.717, 1.165) is 0 Å². The molecular formula is C8H6N2O2S. The van der Waals surface area contributed by atoms with Gasteiger partial charge < -0.3 is 10.2 Å². The standard InChI is InChI=1S/C8H6N2O2S/c11-7-3-1-2-5(8(7)12)6-4-13-10-9-6/h1-4,11-12H. The number of hydrogen-bond donors (Lipinski definition) is 2. The Kier molecular flexibility index (Phi) is 1.86. The summed E-state index contributed by atoms with van der Waals surface area (Å²) in [7, 11) is 0. The molecule has 0 atom stereocenters. The first kappa shape index (κ1) is 8.00. The van der Waals surface area contributed by atoms with E-state index in [9.17, 15) is 10.2 Å². The van der Waals surface area contributed by atoms with Gasteiger partial charge in [0.15, 0.2) is 11.5 Å². The van der Waals surface area contributed by atoms with Gasteiger partial charge in [-0.05, 0) is 23.7 Å². The van der Waals surface area contributed by atoms with Gasteiger partial charge in [-0.2, -0.15) is 0 Å². The van der Waals surface area contributed by atoms with Crippen molar-refractivity contribution < 1.29 is 10.2 Å². The number of rotatable bonds is 1. The maximum absolute atomic E-state index is 9.46. The van der Waals surface area contributed by atoms with Crippen molar-refractivity contribution in [3.63, 3.8) is 0 Å². The molecule has 4 nitrogen and oxygen atoms in total. The van der Waals surface area contributed by atoms with Crippen molar-refractivity contribution >= 4 is 11.5 Å². The fourth-order valence-electron chi connectivity index (χ4n) is 1.02. The lowest BCUT2D eigenvalue weighted by molar-refractivity contribution is 0.405. The molecule has 0 unspecified atom stereocenters. The first-order valence-electron chi connectivity index (χ1n) is 3.57. The van der Waals surface area contributed by atoms with Gasteiger partial charge in [0.2, 0.25) is 0 Å². The zero-order valence-electron chi connectivity index (χ0n) is 6.51. The molecule has 2 rings (SSSR count). The van der Waals surface area contributed by atoms with Crippen molar-refractivity contribution in [1.29, 1.82) is 0 Å². The molecule has 0 bridgehead atoms. The molecule has 0 spiro atoms. The summed E-state index contributed by atoms with van der Waals surface area (Å²) in [5.74, 6) is -0.305. The van der Waals surface area contributed by atoms with Gasteiger partial charge in [0, 0.05) is 10.9 Å². The average molecular weight is 194 g/mol. The monoisotopic (exact) mass is 194 g/mol. The Bertz CT molecular complexity index is 414. The summed E-state index contributed by atoms with van der Waals surface area (Å²) in [6.45, 7) is 0. The normalized spacial score (nSPS) is 10.2. The van der Waals surface area contributed by atoms with Crippen molar-refractivity contribution in [3.05, 3.63) is 23.6 Å². The minimum Gasteiger partial charge on any atom is -0.504 e. The molecule has 0 radical (unpaired) electrons. The van der Waals surface area contributed by atoms with Crippen molar-refractivity contribution in [2.75, 3.05) is 0 Å². The predicted octanol–water partition coefficient (Wildman–Crippen LogP) is 1.62. The highest BCUT2D eigenvalue weighted by Gasteiger charge is 2.09. The molecular weight excluding hydrogens is 188 g/mol. The van der Waals surface area contributed by atoms with Gasteiger partial charge in [-0.15, -0.1) is 5.10 Å². The number of benzene rings is 1. The highest BCUT2D eigenvalue weighted by atomic mass is 32.1. The van der Waals surface area contributed by atoms with E-state index in [-0.39, 0.29) is 11.5 Å². The number of para-hydroxylation sites is 1. The quantitative estimate of drug-likeness (QED) is 0.677. The van der Waals surface area contributed by atoms with Gasteiger partial charge in [-0.3, -0.25) is 0 Å². The Hall–Kier alpha value is -1.62. The van der Waals surface area contributed by atoms with Gasteiger partial charge in [0.25, 0.3) is 0 Å². The van der Waals surface area contributed by atoms with Gasteiger partial charge in [0.05, 0.1) is 0 Å². The molecule has 0 fully saturated rings. The molecule has 66 valence electrons. The molecule has 1 aromatic heterocycles. The van der Waals surface area contributed by atoms with Crippen LogP contribution in [-0.2, 0) is 0 Å². The third kappa shape index (κ3) is 1.33. The molecule has 0 amide bonds. The van der Waals surface area contributed by atoms with E-state index >= 15 is 0 Å². The van der Waals surface area contributed by atoms with Crippen LogP contribution < -0.4 is 0 Å². The minimum absolute atomic E-state index is 0.148. The topological polar surface area (TPSA) is 66.2 Å². The van der Waals surface area contributed by atoms with Crippen LogP contribution in [0.2, 0.25) is 0 Å². The largest absolute Gasteiger partial charge is 0.504 e. The molecule has 0 saturated carbocycles. The first-order chi connectivity index (χ1) is 6.29. The molecule has 5 heteroatoms. The zero-order chi connectivity index (χ0) is 9.26. The number of hydrogen-bond acceptors (Lipinski definition) is 5. The SMILES string of the molecule is Oc1cccc(-c2csnn2)c1O. The van der Waals surface area contributed by atoms with Gasteiger partial charge in [-0.25, -0.2) is 0 Å². The zero-order valence-corrected chi connectivity index (χ0v) is 7.32. The summed E-state index contributed by atoms with van der Waals surface area (Å²) in [6.07, 6.45) is 0. The fraction of sp³-hybridized carbons (Fsp3) is 0. The van der Waals surface area contributed by atoms with Crippen LogP contribution in [0, 0.1) is 0 Å². The van der Waals surface area contributed by atoms with E-state index < -0.39 is 0 Å². The van der Waals surface area contributed by atoms with Crippen LogP contribution in [0.15, 0.2) is 23.6 Å². The van der Waals surface area contributed by atoms with Gasteiger partial charge >= 0.3 is 0 Å². The number of nitrogens with zero attached hydrogens (tertiary/aromatic N) is 2. The molecule has 13 heavy (non-hydrogen) atoms. The minimum atomic E-state index is -0.157. The fourth-order valence-corrected chi connectivity index (χ4v) is 1.48. The van der Waals surface area contributed by atoms with Crippen LogP contribution in [0.5, 0.6) is 11.5 Å². The Morgan fingerprint density at radius 1 is 1.23 bits per heavy atom. The maximum Gasteiger partial charge on any atom is 0.167 e. The van der Waals surface area contributed by atoms with Crippen molar-refractivity contribution in [2.24, 2.45) is 0 Å². The molecule has 2 N–H and O–H groups in total. The number of aromatic hydroxyl groups is 2. The summed E-state index contributed by atoms with van der Waals surface area (Å²) in [4.78, 5) is 0. The van der Waals surface area contributed by atoms with E-state index in [0.29, 0.717) is 11.3 Å². The van der Waals surface area contributed by atoms with E-state index in [2.05, 4.69) is 9.59 Å². The second-order valence-corrected chi connectivity index (χ2v) is 3.07. The van der Waals surface area contributed by atoms with Gasteiger partial charge in [0.1, 0.15) is 5.69 Å². The smallest absolute Gasteiger partial charge is 0.167 e. The molecule has 0 aliphatic heterocycles. The average Bonchev–Trinajstić information content (AvgIpc) is 2.62. The summed E-state index contributed by atoms with van der Waals surface area (Å²) >= 11 is 1.20. The Labute approximate surface area is 78.3 Å². The Morgan fingerprint density at radius 2 is 2.08 bits per heavy atom. The third-order valence-electron chi connectivity index (χ3n) is 1.65. The number of phenols is 2. The predicted molar refractivity (Wildman–Crippen MR) is 48.7 cm³/mol. The number of aromatic nitrogens is 2. The molecule has 1 aromatic carbocycles. The summed E-state index contributed by atoms with van der Waals surface area (Å²) in [6, 6.07) is 4.73. The molecule has 1 heterocycles. The lowest BCUT2D eigenvalue weighted by Gasteiger charge is -2.01. The molecule has 2 aromatic rings. The number of phenolic OH excluding ortho intramolecular Hbond substituents is 2. The summed E-state index contributed by atoms with van der Waals surface area (Å²) in [5, 5.41) is 24.1. The Morgan fingerprint density at radius 3 is 2.77 bits per heavy atom. The van der Waals surface area contributed by atoms with Crippen molar-refractivity contribution in [1.82, 2.24) is 9.59 Å². The third-order valence-corrected chi connectivity index (χ3v) is 2.16. The molecule has 0 aliphatic rings. The van der Waals surface area contributed by atoms with E-state index in [1.807, 2.05) is 0 Å². The lowest BCUT2D eigenvalue weighted by Crippen LogP contribution is -1.79. The Balaban J connectivity index is 2.59. The summed E-state index contributed by atoms with van der Waals surface area (Å²) < 4.78 is 3.67. The lowest BCUT2D eigenvalue weighted by atomic mass is 10.1. The first-order valence-corrected chi connectivity index (χ1v) is 4.41. The van der Waals surface area contributed by atoms with E-state index in [1.54, 1.807) is 17.5 Å².